The Bertz CT molecular complexity index is 123. The van der Waals surface area contributed by atoms with Crippen LogP contribution in [0.5, 0.6) is 0 Å². The number of hydrogen-bond donors (Lipinski definition) is 0. The zero-order valence-electron chi connectivity index (χ0n) is 4.33. The van der Waals surface area contributed by atoms with Crippen molar-refractivity contribution >= 4 is 12.8 Å². The van der Waals surface area contributed by atoms with E-state index in [1.54, 1.807) is 0 Å². The third-order valence-corrected chi connectivity index (χ3v) is 0.910. The second kappa shape index (κ2) is 1.81. The summed E-state index contributed by atoms with van der Waals surface area (Å²) >= 11 is 0. The van der Waals surface area contributed by atoms with Crippen LogP contribution in [0.3, 0.4) is 0 Å². The minimum Gasteiger partial charge on any atom is -0.446 e. The number of amides is 1. The maximum absolute atomic E-state index is 10.4. The molecule has 44 valence electrons. The van der Waals surface area contributed by atoms with Crippen LogP contribution in [0, 0.1) is 0 Å². The van der Waals surface area contributed by atoms with Crippen molar-refractivity contribution in [3.05, 3.63) is 0 Å². The van der Waals surface area contributed by atoms with Crippen molar-refractivity contribution in [2.24, 2.45) is 5.10 Å². The molecule has 1 rings (SSSR count). The van der Waals surface area contributed by atoms with Gasteiger partial charge in [0.15, 0.2) is 0 Å². The molecule has 0 spiro atoms. The summed E-state index contributed by atoms with van der Waals surface area (Å²) in [5.41, 5.74) is 0. The molecule has 1 fully saturated rings. The summed E-state index contributed by atoms with van der Waals surface area (Å²) in [5, 5.41) is 4.56. The van der Waals surface area contributed by atoms with Gasteiger partial charge in [-0.3, -0.25) is 0 Å². The molecule has 0 atom stereocenters. The smallest absolute Gasteiger partial charge is 0.430 e. The standard InChI is InChI=1S/C4H6N2O2/c1-5-6-2-3-8-4(6)7/h1-3H2. The molecule has 4 nitrogen and oxygen atoms in total. The quantitative estimate of drug-likeness (QED) is 0.452. The first-order chi connectivity index (χ1) is 3.84. The second-order valence-corrected chi connectivity index (χ2v) is 1.38. The van der Waals surface area contributed by atoms with Gasteiger partial charge < -0.3 is 4.74 Å². The second-order valence-electron chi connectivity index (χ2n) is 1.38. The maximum Gasteiger partial charge on any atom is 0.430 e. The van der Waals surface area contributed by atoms with E-state index in [1.165, 1.54) is 5.01 Å². The van der Waals surface area contributed by atoms with Crippen molar-refractivity contribution in [3.63, 3.8) is 0 Å². The van der Waals surface area contributed by atoms with Crippen molar-refractivity contribution in [3.8, 4) is 0 Å². The molecule has 8 heavy (non-hydrogen) atoms. The number of rotatable bonds is 1. The van der Waals surface area contributed by atoms with Crippen molar-refractivity contribution in [1.29, 1.82) is 0 Å². The predicted molar refractivity (Wildman–Crippen MR) is 27.6 cm³/mol. The van der Waals surface area contributed by atoms with E-state index in [-0.39, 0.29) is 0 Å². The Morgan fingerprint density at radius 3 is 2.88 bits per heavy atom. The summed E-state index contributed by atoms with van der Waals surface area (Å²) in [6, 6.07) is 0. The van der Waals surface area contributed by atoms with Gasteiger partial charge in [-0.25, -0.2) is 4.79 Å². The number of nitrogens with zero attached hydrogens (tertiary/aromatic N) is 2. The number of carbonyl (C=O) groups is 1. The average molecular weight is 114 g/mol. The minimum atomic E-state index is -0.403. The fraction of sp³-hybridized carbons (Fsp3) is 0.500. The lowest BCUT2D eigenvalue weighted by Gasteiger charge is -1.99. The van der Waals surface area contributed by atoms with Gasteiger partial charge in [0.25, 0.3) is 0 Å². The van der Waals surface area contributed by atoms with E-state index in [2.05, 4.69) is 16.6 Å². The van der Waals surface area contributed by atoms with Gasteiger partial charge in [-0.2, -0.15) is 10.1 Å². The van der Waals surface area contributed by atoms with Crippen molar-refractivity contribution in [2.45, 2.75) is 0 Å². The third kappa shape index (κ3) is 0.641. The molecule has 0 aromatic heterocycles. The topological polar surface area (TPSA) is 41.9 Å². The number of hydrazone groups is 1. The SMILES string of the molecule is C=NN1CCOC1=O. The molecule has 0 aromatic rings. The number of cyclic esters (lactones) is 1. The molecule has 0 N–H and O–H groups in total. The van der Waals surface area contributed by atoms with Gasteiger partial charge in [0.1, 0.15) is 6.61 Å². The highest BCUT2D eigenvalue weighted by Gasteiger charge is 2.19. The largest absolute Gasteiger partial charge is 0.446 e. The first-order valence-electron chi connectivity index (χ1n) is 2.25. The van der Waals surface area contributed by atoms with Gasteiger partial charge in [0.2, 0.25) is 0 Å². The van der Waals surface area contributed by atoms with E-state index in [1.807, 2.05) is 0 Å². The monoisotopic (exact) mass is 114 g/mol. The van der Waals surface area contributed by atoms with Crippen LogP contribution < -0.4 is 0 Å². The summed E-state index contributed by atoms with van der Waals surface area (Å²) in [4.78, 5) is 10.4. The Balaban J connectivity index is 2.54. The van der Waals surface area contributed by atoms with Crippen LogP contribution in [0.1, 0.15) is 0 Å². The van der Waals surface area contributed by atoms with Gasteiger partial charge in [0.05, 0.1) is 6.54 Å². The van der Waals surface area contributed by atoms with Gasteiger partial charge in [-0.1, -0.05) is 0 Å². The van der Waals surface area contributed by atoms with E-state index in [0.29, 0.717) is 13.2 Å². The number of ether oxygens (including phenoxy) is 1. The lowest BCUT2D eigenvalue weighted by atomic mass is 10.7. The van der Waals surface area contributed by atoms with Crippen molar-refractivity contribution in [1.82, 2.24) is 5.01 Å². The van der Waals surface area contributed by atoms with E-state index in [4.69, 9.17) is 0 Å². The lowest BCUT2D eigenvalue weighted by Crippen LogP contribution is -2.16. The van der Waals surface area contributed by atoms with Crippen LogP contribution in [-0.4, -0.2) is 31.0 Å². The highest BCUT2D eigenvalue weighted by molar-refractivity contribution is 5.69. The summed E-state index contributed by atoms with van der Waals surface area (Å²) in [5.74, 6) is 0. The normalized spacial score (nSPS) is 18.5. The zero-order valence-corrected chi connectivity index (χ0v) is 4.33. The molecule has 4 heteroatoms. The van der Waals surface area contributed by atoms with Crippen LogP contribution in [0.4, 0.5) is 4.79 Å². The molecule has 0 unspecified atom stereocenters. The molecule has 0 aromatic carbocycles. The number of hydrogen-bond acceptors (Lipinski definition) is 3. The summed E-state index contributed by atoms with van der Waals surface area (Å²) in [6.07, 6.45) is -0.403. The molecular formula is C4H6N2O2. The van der Waals surface area contributed by atoms with Crippen molar-refractivity contribution in [2.75, 3.05) is 13.2 Å². The number of carbonyl (C=O) groups excluding carboxylic acids is 1. The molecule has 0 aliphatic carbocycles. The summed E-state index contributed by atoms with van der Waals surface area (Å²) in [6.45, 7) is 4.13. The molecule has 1 amide bonds. The van der Waals surface area contributed by atoms with E-state index in [9.17, 15) is 4.79 Å². The van der Waals surface area contributed by atoms with Crippen LogP contribution in [0.15, 0.2) is 5.10 Å². The summed E-state index contributed by atoms with van der Waals surface area (Å²) < 4.78 is 4.51. The molecule has 1 aliphatic rings. The van der Waals surface area contributed by atoms with Crippen LogP contribution >= 0.6 is 0 Å². The maximum atomic E-state index is 10.4. The zero-order chi connectivity index (χ0) is 5.98. The van der Waals surface area contributed by atoms with E-state index >= 15 is 0 Å². The fourth-order valence-electron chi connectivity index (χ4n) is 0.514. The highest BCUT2D eigenvalue weighted by Crippen LogP contribution is 2.00. The molecule has 1 saturated heterocycles. The van der Waals surface area contributed by atoms with Crippen LogP contribution in [0.25, 0.3) is 0 Å². The third-order valence-electron chi connectivity index (χ3n) is 0.910. The Morgan fingerprint density at radius 1 is 1.88 bits per heavy atom. The average Bonchev–Trinajstić information content (AvgIpc) is 2.14. The Kier molecular flexibility index (Phi) is 1.15. The minimum absolute atomic E-state index is 0.403. The van der Waals surface area contributed by atoms with E-state index < -0.39 is 6.09 Å². The van der Waals surface area contributed by atoms with Crippen LogP contribution in [0.2, 0.25) is 0 Å². The molecule has 0 bridgehead atoms. The van der Waals surface area contributed by atoms with Crippen LogP contribution in [-0.2, 0) is 4.74 Å². The Morgan fingerprint density at radius 2 is 2.62 bits per heavy atom. The highest BCUT2D eigenvalue weighted by atomic mass is 16.6. The predicted octanol–water partition coefficient (Wildman–Crippen LogP) is 0.0542. The molecule has 0 radical (unpaired) electrons. The molecule has 1 aliphatic heterocycles. The summed E-state index contributed by atoms with van der Waals surface area (Å²) in [7, 11) is 0. The first kappa shape index (κ1) is 5.08. The van der Waals surface area contributed by atoms with Gasteiger partial charge >= 0.3 is 6.09 Å². The molecular weight excluding hydrogens is 108 g/mol. The fourth-order valence-corrected chi connectivity index (χ4v) is 0.514. The Hall–Kier alpha value is -1.06. The Labute approximate surface area is 46.7 Å². The van der Waals surface area contributed by atoms with Gasteiger partial charge in [0, 0.05) is 6.72 Å². The van der Waals surface area contributed by atoms with Crippen molar-refractivity contribution < 1.29 is 9.53 Å². The molecule has 0 saturated carbocycles. The first-order valence-corrected chi connectivity index (χ1v) is 2.25. The lowest BCUT2D eigenvalue weighted by molar-refractivity contribution is 0.159. The van der Waals surface area contributed by atoms with Gasteiger partial charge in [-0.15, -0.1) is 0 Å². The van der Waals surface area contributed by atoms with E-state index in [0.717, 1.165) is 0 Å². The molecule has 1 heterocycles. The van der Waals surface area contributed by atoms with Gasteiger partial charge in [-0.05, 0) is 0 Å².